The summed E-state index contributed by atoms with van der Waals surface area (Å²) in [6.07, 6.45) is 1.82. The van der Waals surface area contributed by atoms with E-state index in [9.17, 15) is 19.3 Å². The maximum atomic E-state index is 13.4. The minimum atomic E-state index is -0.655. The Kier molecular flexibility index (Phi) is 5.73. The number of nitro groups is 1. The van der Waals surface area contributed by atoms with Crippen LogP contribution in [0.1, 0.15) is 36.5 Å². The minimum Gasteiger partial charge on any atom is -0.479 e. The topological polar surface area (TPSA) is 98.1 Å². The molecule has 3 rings (SSSR count). The molecule has 2 aromatic heterocycles. The quantitative estimate of drug-likeness (QED) is 0.461. The van der Waals surface area contributed by atoms with Crippen molar-refractivity contribution in [1.82, 2.24) is 9.97 Å². The van der Waals surface area contributed by atoms with Crippen LogP contribution in [0.15, 0.2) is 23.0 Å². The predicted octanol–water partition coefficient (Wildman–Crippen LogP) is 4.51. The predicted molar refractivity (Wildman–Crippen MR) is 106 cm³/mol. The van der Waals surface area contributed by atoms with Gasteiger partial charge in [-0.25, -0.2) is 9.37 Å². The van der Waals surface area contributed by atoms with Crippen LogP contribution in [0.3, 0.4) is 0 Å². The van der Waals surface area contributed by atoms with Crippen molar-refractivity contribution < 1.29 is 14.1 Å². The van der Waals surface area contributed by atoms with Gasteiger partial charge >= 0.3 is 5.69 Å². The van der Waals surface area contributed by atoms with Gasteiger partial charge in [0, 0.05) is 17.0 Å². The second-order valence-electron chi connectivity index (χ2n) is 6.70. The molecule has 0 amide bonds. The van der Waals surface area contributed by atoms with E-state index in [-0.39, 0.29) is 29.4 Å². The highest BCUT2D eigenvalue weighted by atomic mass is 32.1. The van der Waals surface area contributed by atoms with Crippen LogP contribution in [0.2, 0.25) is 0 Å². The molecule has 0 fully saturated rings. The second kappa shape index (κ2) is 8.05. The van der Waals surface area contributed by atoms with E-state index in [0.29, 0.717) is 16.1 Å². The number of aryl methyl sites for hydroxylation is 1. The lowest BCUT2D eigenvalue weighted by Gasteiger charge is -2.09. The van der Waals surface area contributed by atoms with Gasteiger partial charge in [-0.3, -0.25) is 14.9 Å². The van der Waals surface area contributed by atoms with Gasteiger partial charge in [0.2, 0.25) is 0 Å². The molecular formula is C19H20FN3O4S. The summed E-state index contributed by atoms with van der Waals surface area (Å²) >= 11 is 1.44. The van der Waals surface area contributed by atoms with Crippen LogP contribution in [0, 0.1) is 28.8 Å². The van der Waals surface area contributed by atoms with Gasteiger partial charge < -0.3 is 9.72 Å². The summed E-state index contributed by atoms with van der Waals surface area (Å²) in [6.45, 7) is 6.00. The number of fused-ring (bicyclic) bond motifs is 1. The molecule has 28 heavy (non-hydrogen) atoms. The lowest BCUT2D eigenvalue weighted by Crippen LogP contribution is -2.14. The summed E-state index contributed by atoms with van der Waals surface area (Å²) in [6, 6.07) is 2.96. The van der Waals surface area contributed by atoms with Gasteiger partial charge in [-0.05, 0) is 30.9 Å². The smallest absolute Gasteiger partial charge is 0.311 e. The van der Waals surface area contributed by atoms with Gasteiger partial charge in [-0.1, -0.05) is 20.3 Å². The third-order valence-electron chi connectivity index (χ3n) is 4.64. The standard InChI is InChI=1S/C19H20FN3O4S/c1-4-10(2)7-13-11(3)28-19-17(13)18(24)21-16(22-19)9-27-15-8-12(20)5-6-14(15)23(25)26/h5-6,8,10H,4,7,9H2,1-3H3,(H,21,22,24)/t10-/m1/s1. The van der Waals surface area contributed by atoms with Crippen molar-refractivity contribution >= 4 is 27.2 Å². The lowest BCUT2D eigenvalue weighted by molar-refractivity contribution is -0.386. The van der Waals surface area contributed by atoms with Gasteiger partial charge in [0.15, 0.2) is 5.75 Å². The molecule has 0 radical (unpaired) electrons. The molecule has 1 atom stereocenters. The van der Waals surface area contributed by atoms with E-state index in [1.807, 2.05) is 6.92 Å². The van der Waals surface area contributed by atoms with E-state index in [1.54, 1.807) is 0 Å². The Balaban J connectivity index is 1.91. The number of nitrogens with one attached hydrogen (secondary N) is 1. The largest absolute Gasteiger partial charge is 0.479 e. The first-order chi connectivity index (χ1) is 13.3. The highest BCUT2D eigenvalue weighted by Gasteiger charge is 2.19. The molecule has 0 saturated carbocycles. The van der Waals surface area contributed by atoms with Gasteiger partial charge in [0.1, 0.15) is 23.1 Å². The fourth-order valence-electron chi connectivity index (χ4n) is 2.93. The summed E-state index contributed by atoms with van der Waals surface area (Å²) in [5.41, 5.74) is 0.393. The molecule has 2 heterocycles. The number of halogens is 1. The van der Waals surface area contributed by atoms with Crippen LogP contribution in [0.25, 0.3) is 10.2 Å². The van der Waals surface area contributed by atoms with Crippen molar-refractivity contribution in [2.45, 2.75) is 40.2 Å². The molecule has 148 valence electrons. The number of aromatic amines is 1. The van der Waals surface area contributed by atoms with Gasteiger partial charge in [-0.15, -0.1) is 11.3 Å². The number of nitro benzene ring substituents is 1. The van der Waals surface area contributed by atoms with Crippen molar-refractivity contribution in [2.75, 3.05) is 0 Å². The molecule has 0 aliphatic carbocycles. The normalized spacial score (nSPS) is 12.3. The van der Waals surface area contributed by atoms with Gasteiger partial charge in [0.05, 0.1) is 10.3 Å². The average molecular weight is 405 g/mol. The van der Waals surface area contributed by atoms with Crippen LogP contribution >= 0.6 is 11.3 Å². The van der Waals surface area contributed by atoms with Crippen molar-refractivity contribution in [1.29, 1.82) is 0 Å². The number of aromatic nitrogens is 2. The minimum absolute atomic E-state index is 0.215. The SMILES string of the molecule is CC[C@@H](C)Cc1c(C)sc2nc(COc3cc(F)ccc3[N+](=O)[O-])[nH]c(=O)c12. The van der Waals surface area contributed by atoms with Crippen LogP contribution in [0.4, 0.5) is 10.1 Å². The highest BCUT2D eigenvalue weighted by molar-refractivity contribution is 7.18. The second-order valence-corrected chi connectivity index (χ2v) is 7.91. The third kappa shape index (κ3) is 4.04. The molecule has 0 unspecified atom stereocenters. The van der Waals surface area contributed by atoms with Crippen molar-refractivity contribution in [3.8, 4) is 5.75 Å². The maximum absolute atomic E-state index is 13.4. The molecule has 7 nitrogen and oxygen atoms in total. The molecular weight excluding hydrogens is 385 g/mol. The highest BCUT2D eigenvalue weighted by Crippen LogP contribution is 2.30. The number of H-pyrrole nitrogens is 1. The number of benzene rings is 1. The monoisotopic (exact) mass is 405 g/mol. The summed E-state index contributed by atoms with van der Waals surface area (Å²) in [7, 11) is 0. The van der Waals surface area contributed by atoms with Crippen LogP contribution in [-0.4, -0.2) is 14.9 Å². The van der Waals surface area contributed by atoms with Gasteiger partial charge in [0.25, 0.3) is 5.56 Å². The molecule has 0 saturated heterocycles. The van der Waals surface area contributed by atoms with Crippen molar-refractivity contribution in [3.05, 3.63) is 60.7 Å². The van der Waals surface area contributed by atoms with Crippen LogP contribution in [0.5, 0.6) is 5.75 Å². The molecule has 0 spiro atoms. The summed E-state index contributed by atoms with van der Waals surface area (Å²) in [5, 5.41) is 11.6. The van der Waals surface area contributed by atoms with E-state index >= 15 is 0 Å². The molecule has 0 bridgehead atoms. The fourth-order valence-corrected chi connectivity index (χ4v) is 4.00. The Hall–Kier alpha value is -2.81. The van der Waals surface area contributed by atoms with E-state index in [2.05, 4.69) is 23.8 Å². The van der Waals surface area contributed by atoms with Crippen LogP contribution in [-0.2, 0) is 13.0 Å². The Morgan fingerprint density at radius 1 is 1.43 bits per heavy atom. The average Bonchev–Trinajstić information content (AvgIpc) is 2.95. The van der Waals surface area contributed by atoms with E-state index in [4.69, 9.17) is 4.74 Å². The number of hydrogen-bond donors (Lipinski definition) is 1. The zero-order chi connectivity index (χ0) is 20.4. The maximum Gasteiger partial charge on any atom is 0.311 e. The zero-order valence-corrected chi connectivity index (χ0v) is 16.6. The lowest BCUT2D eigenvalue weighted by atomic mass is 9.98. The molecule has 0 aliphatic heterocycles. The Labute approximate surface area is 164 Å². The molecule has 1 aromatic carbocycles. The molecule has 1 N–H and O–H groups in total. The summed E-state index contributed by atoms with van der Waals surface area (Å²) in [4.78, 5) is 31.8. The number of nitrogens with zero attached hydrogens (tertiary/aromatic N) is 2. The van der Waals surface area contributed by atoms with E-state index in [1.165, 1.54) is 11.3 Å². The third-order valence-corrected chi connectivity index (χ3v) is 5.69. The van der Waals surface area contributed by atoms with E-state index in [0.717, 1.165) is 41.5 Å². The molecule has 3 aromatic rings. The Bertz CT molecular complexity index is 1090. The first kappa shape index (κ1) is 19.9. The van der Waals surface area contributed by atoms with Gasteiger partial charge in [-0.2, -0.15) is 0 Å². The first-order valence-corrected chi connectivity index (χ1v) is 9.69. The number of thiophene rings is 1. The van der Waals surface area contributed by atoms with Crippen molar-refractivity contribution in [2.24, 2.45) is 5.92 Å². The van der Waals surface area contributed by atoms with Crippen LogP contribution < -0.4 is 10.3 Å². The summed E-state index contributed by atoms with van der Waals surface area (Å²) in [5.74, 6) is -0.187. The molecule has 0 aliphatic rings. The Morgan fingerprint density at radius 3 is 2.86 bits per heavy atom. The fraction of sp³-hybridized carbons (Fsp3) is 0.368. The molecule has 9 heteroatoms. The number of ether oxygens (including phenoxy) is 1. The van der Waals surface area contributed by atoms with Crippen molar-refractivity contribution in [3.63, 3.8) is 0 Å². The van der Waals surface area contributed by atoms with E-state index < -0.39 is 10.7 Å². The number of rotatable bonds is 7. The summed E-state index contributed by atoms with van der Waals surface area (Å²) < 4.78 is 18.8. The Morgan fingerprint density at radius 2 is 2.18 bits per heavy atom. The first-order valence-electron chi connectivity index (χ1n) is 8.88. The number of hydrogen-bond acceptors (Lipinski definition) is 6. The zero-order valence-electron chi connectivity index (χ0n) is 15.7.